The lowest BCUT2D eigenvalue weighted by atomic mass is 10.0. The summed E-state index contributed by atoms with van der Waals surface area (Å²) in [4.78, 5) is 2.56. The zero-order valence-electron chi connectivity index (χ0n) is 14.5. The number of nitrogens with zero attached hydrogens (tertiary/aromatic N) is 1. The van der Waals surface area contributed by atoms with Crippen LogP contribution in [0.1, 0.15) is 26.2 Å². The Balaban J connectivity index is 1.38. The summed E-state index contributed by atoms with van der Waals surface area (Å²) >= 11 is 0. The molecule has 3 heteroatoms. The topological polar surface area (TPSA) is 21.7 Å². The van der Waals surface area contributed by atoms with Crippen molar-refractivity contribution in [1.82, 2.24) is 4.90 Å². The summed E-state index contributed by atoms with van der Waals surface area (Å²) in [6.45, 7) is 6.74. The maximum atomic E-state index is 5.85. The van der Waals surface area contributed by atoms with Crippen LogP contribution in [0.5, 0.6) is 17.2 Å². The molecule has 24 heavy (non-hydrogen) atoms. The average molecular weight is 325 g/mol. The fourth-order valence-electron chi connectivity index (χ4n) is 3.20. The second-order valence-corrected chi connectivity index (χ2v) is 6.64. The number of benzene rings is 2. The Labute approximate surface area is 145 Å². The molecule has 1 heterocycles. The van der Waals surface area contributed by atoms with Gasteiger partial charge in [0.15, 0.2) is 0 Å². The summed E-state index contributed by atoms with van der Waals surface area (Å²) in [5.41, 5.74) is 0. The van der Waals surface area contributed by atoms with Crippen LogP contribution < -0.4 is 9.47 Å². The van der Waals surface area contributed by atoms with E-state index in [1.807, 2.05) is 54.6 Å². The normalized spacial score (nSPS) is 18.3. The number of para-hydroxylation sites is 1. The van der Waals surface area contributed by atoms with Crippen molar-refractivity contribution in [2.45, 2.75) is 26.2 Å². The van der Waals surface area contributed by atoms with Gasteiger partial charge in [0.2, 0.25) is 0 Å². The molecule has 0 amide bonds. The highest BCUT2D eigenvalue weighted by atomic mass is 16.5. The van der Waals surface area contributed by atoms with E-state index in [-0.39, 0.29) is 0 Å². The first kappa shape index (κ1) is 16.8. The molecule has 2 aromatic carbocycles. The predicted octanol–water partition coefficient (Wildman–Crippen LogP) is 4.98. The molecule has 2 aromatic rings. The largest absolute Gasteiger partial charge is 0.494 e. The fourth-order valence-corrected chi connectivity index (χ4v) is 3.20. The van der Waals surface area contributed by atoms with E-state index in [1.165, 1.54) is 25.9 Å². The van der Waals surface area contributed by atoms with E-state index in [4.69, 9.17) is 9.47 Å². The molecule has 0 radical (unpaired) electrons. The molecule has 128 valence electrons. The van der Waals surface area contributed by atoms with Gasteiger partial charge in [-0.3, -0.25) is 0 Å². The van der Waals surface area contributed by atoms with Gasteiger partial charge in [-0.1, -0.05) is 25.1 Å². The van der Waals surface area contributed by atoms with Crippen LogP contribution in [0.2, 0.25) is 0 Å². The third-order valence-electron chi connectivity index (χ3n) is 4.43. The zero-order valence-corrected chi connectivity index (χ0v) is 14.5. The molecule has 1 atom stereocenters. The van der Waals surface area contributed by atoms with Crippen molar-refractivity contribution >= 4 is 0 Å². The molecular formula is C21H27NO2. The van der Waals surface area contributed by atoms with E-state index in [1.54, 1.807) is 0 Å². The third-order valence-corrected chi connectivity index (χ3v) is 4.43. The van der Waals surface area contributed by atoms with E-state index >= 15 is 0 Å². The first-order chi connectivity index (χ1) is 11.8. The van der Waals surface area contributed by atoms with Crippen LogP contribution in [-0.4, -0.2) is 31.1 Å². The highest BCUT2D eigenvalue weighted by Gasteiger charge is 2.15. The summed E-state index contributed by atoms with van der Waals surface area (Å²) in [7, 11) is 0. The minimum atomic E-state index is 0.768. The van der Waals surface area contributed by atoms with Gasteiger partial charge in [-0.25, -0.2) is 0 Å². The van der Waals surface area contributed by atoms with Gasteiger partial charge in [0, 0.05) is 13.1 Å². The van der Waals surface area contributed by atoms with Crippen molar-refractivity contribution in [2.75, 3.05) is 26.2 Å². The number of hydrogen-bond donors (Lipinski definition) is 0. The Morgan fingerprint density at radius 1 is 0.958 bits per heavy atom. The maximum Gasteiger partial charge on any atom is 0.127 e. The van der Waals surface area contributed by atoms with Crippen molar-refractivity contribution in [3.63, 3.8) is 0 Å². The second-order valence-electron chi connectivity index (χ2n) is 6.64. The van der Waals surface area contributed by atoms with Gasteiger partial charge in [0.25, 0.3) is 0 Å². The second kappa shape index (κ2) is 8.74. The van der Waals surface area contributed by atoms with Gasteiger partial charge in [-0.2, -0.15) is 0 Å². The van der Waals surface area contributed by atoms with Crippen molar-refractivity contribution in [2.24, 2.45) is 5.92 Å². The summed E-state index contributed by atoms with van der Waals surface area (Å²) in [6.07, 6.45) is 3.80. The highest BCUT2D eigenvalue weighted by molar-refractivity contribution is 5.35. The summed E-state index contributed by atoms with van der Waals surface area (Å²) in [5, 5.41) is 0. The van der Waals surface area contributed by atoms with Crippen LogP contribution >= 0.6 is 0 Å². The minimum absolute atomic E-state index is 0.768. The van der Waals surface area contributed by atoms with Crippen molar-refractivity contribution in [1.29, 1.82) is 0 Å². The molecule has 3 nitrogen and oxygen atoms in total. The van der Waals surface area contributed by atoms with Crippen LogP contribution in [-0.2, 0) is 0 Å². The Morgan fingerprint density at radius 2 is 1.67 bits per heavy atom. The number of piperidine rings is 1. The van der Waals surface area contributed by atoms with Crippen LogP contribution in [0.4, 0.5) is 0 Å². The van der Waals surface area contributed by atoms with Gasteiger partial charge in [0.05, 0.1) is 6.61 Å². The summed E-state index contributed by atoms with van der Waals surface area (Å²) in [6, 6.07) is 17.7. The van der Waals surface area contributed by atoms with Crippen molar-refractivity contribution < 1.29 is 9.47 Å². The molecule has 3 rings (SSSR count). The Hall–Kier alpha value is -2.00. The average Bonchev–Trinajstić information content (AvgIpc) is 2.61. The van der Waals surface area contributed by atoms with Crippen molar-refractivity contribution in [3.8, 4) is 17.2 Å². The monoisotopic (exact) mass is 325 g/mol. The van der Waals surface area contributed by atoms with E-state index in [0.29, 0.717) is 0 Å². The molecule has 0 aromatic heterocycles. The molecule has 0 N–H and O–H groups in total. The Bertz CT molecular complexity index is 597. The minimum Gasteiger partial charge on any atom is -0.494 e. The quantitative estimate of drug-likeness (QED) is 0.670. The molecule has 1 aliphatic rings. The smallest absolute Gasteiger partial charge is 0.127 e. The summed E-state index contributed by atoms with van der Waals surface area (Å²) < 4.78 is 11.6. The molecule has 0 bridgehead atoms. The van der Waals surface area contributed by atoms with Gasteiger partial charge >= 0.3 is 0 Å². The van der Waals surface area contributed by atoms with E-state index < -0.39 is 0 Å². The van der Waals surface area contributed by atoms with Gasteiger partial charge in [-0.15, -0.1) is 0 Å². The standard InChI is InChI=1S/C21H27NO2/c1-18-7-5-14-22(17-18)15-6-16-23-19-10-12-21(13-11-19)24-20-8-3-2-4-9-20/h2-4,8-13,18H,5-7,14-17H2,1H3/t18-/m1/s1. The molecule has 0 aliphatic carbocycles. The van der Waals surface area contributed by atoms with Crippen LogP contribution in [0, 0.1) is 5.92 Å². The third kappa shape index (κ3) is 5.27. The first-order valence-corrected chi connectivity index (χ1v) is 8.98. The SMILES string of the molecule is C[C@@H]1CCCN(CCCOc2ccc(Oc3ccccc3)cc2)C1. The molecule has 0 spiro atoms. The number of hydrogen-bond acceptors (Lipinski definition) is 3. The lowest BCUT2D eigenvalue weighted by Crippen LogP contribution is -2.35. The number of rotatable bonds is 7. The molecule has 0 unspecified atom stereocenters. The Morgan fingerprint density at radius 3 is 2.42 bits per heavy atom. The van der Waals surface area contributed by atoms with E-state index in [2.05, 4.69) is 11.8 Å². The molecule has 0 saturated carbocycles. The van der Waals surface area contributed by atoms with Crippen molar-refractivity contribution in [3.05, 3.63) is 54.6 Å². The number of ether oxygens (including phenoxy) is 2. The Kier molecular flexibility index (Phi) is 6.13. The highest BCUT2D eigenvalue weighted by Crippen LogP contribution is 2.23. The maximum absolute atomic E-state index is 5.85. The van der Waals surface area contributed by atoms with E-state index in [9.17, 15) is 0 Å². The van der Waals surface area contributed by atoms with Crippen LogP contribution in [0.25, 0.3) is 0 Å². The molecule has 1 saturated heterocycles. The molecule has 1 fully saturated rings. The van der Waals surface area contributed by atoms with Gasteiger partial charge in [-0.05, 0) is 68.1 Å². The van der Waals surface area contributed by atoms with Gasteiger partial charge in [0.1, 0.15) is 17.2 Å². The van der Waals surface area contributed by atoms with Crippen LogP contribution in [0.3, 0.4) is 0 Å². The lowest BCUT2D eigenvalue weighted by molar-refractivity contribution is 0.170. The molecule has 1 aliphatic heterocycles. The van der Waals surface area contributed by atoms with Crippen LogP contribution in [0.15, 0.2) is 54.6 Å². The van der Waals surface area contributed by atoms with Gasteiger partial charge < -0.3 is 14.4 Å². The van der Waals surface area contributed by atoms with E-state index in [0.717, 1.165) is 42.7 Å². The summed E-state index contributed by atoms with van der Waals surface area (Å²) in [5.74, 6) is 3.43. The zero-order chi connectivity index (χ0) is 16.6. The first-order valence-electron chi connectivity index (χ1n) is 8.98. The predicted molar refractivity (Wildman–Crippen MR) is 97.9 cm³/mol. The lowest BCUT2D eigenvalue weighted by Gasteiger charge is -2.30. The number of likely N-dealkylation sites (tertiary alicyclic amines) is 1. The fraction of sp³-hybridized carbons (Fsp3) is 0.429. The molecular weight excluding hydrogens is 298 g/mol.